The summed E-state index contributed by atoms with van der Waals surface area (Å²) in [4.78, 5) is 20.0. The Morgan fingerprint density at radius 2 is 2.05 bits per heavy atom. The van der Waals surface area contributed by atoms with Crippen LogP contribution in [0.4, 0.5) is 5.82 Å². The molecule has 0 unspecified atom stereocenters. The smallest absolute Gasteiger partial charge is 0.222 e. The Bertz CT molecular complexity index is 513. The summed E-state index contributed by atoms with van der Waals surface area (Å²) in [5.41, 5.74) is 1.37. The van der Waals surface area contributed by atoms with Gasteiger partial charge >= 0.3 is 0 Å². The molecule has 0 saturated carbocycles. The largest absolute Gasteiger partial charge is 0.353 e. The number of amides is 1. The second kappa shape index (κ2) is 5.70. The molecule has 1 aromatic rings. The summed E-state index contributed by atoms with van der Waals surface area (Å²) in [6.45, 7) is 6.76. The molecule has 0 N–H and O–H groups in total. The van der Waals surface area contributed by atoms with Crippen molar-refractivity contribution < 1.29 is 4.79 Å². The lowest BCUT2D eigenvalue weighted by Crippen LogP contribution is -2.48. The number of aryl methyl sites for hydroxylation is 1. The fourth-order valence-electron chi connectivity index (χ4n) is 2.22. The van der Waals surface area contributed by atoms with Gasteiger partial charge in [-0.2, -0.15) is 5.26 Å². The van der Waals surface area contributed by atoms with Crippen LogP contribution in [-0.2, 0) is 4.79 Å². The molecule has 1 fully saturated rings. The number of carbonyl (C=O) groups is 1. The van der Waals surface area contributed by atoms with E-state index < -0.39 is 0 Å². The molecule has 0 aromatic carbocycles. The average molecular weight is 258 g/mol. The maximum absolute atomic E-state index is 11.6. The van der Waals surface area contributed by atoms with Gasteiger partial charge in [-0.15, -0.1) is 0 Å². The number of pyridine rings is 1. The van der Waals surface area contributed by atoms with Gasteiger partial charge in [-0.05, 0) is 18.6 Å². The monoisotopic (exact) mass is 258 g/mol. The molecule has 19 heavy (non-hydrogen) atoms. The lowest BCUT2D eigenvalue weighted by atomic mass is 10.2. The summed E-state index contributed by atoms with van der Waals surface area (Å²) in [5.74, 6) is 1.03. The summed E-state index contributed by atoms with van der Waals surface area (Å²) in [5, 5.41) is 9.00. The Morgan fingerprint density at radius 1 is 1.37 bits per heavy atom. The van der Waals surface area contributed by atoms with Crippen LogP contribution in [0.1, 0.15) is 24.6 Å². The number of rotatable bonds is 2. The summed E-state index contributed by atoms with van der Waals surface area (Å²) >= 11 is 0. The van der Waals surface area contributed by atoms with Crippen molar-refractivity contribution in [2.45, 2.75) is 20.3 Å². The highest BCUT2D eigenvalue weighted by molar-refractivity contribution is 5.76. The fraction of sp³-hybridized carbons (Fsp3) is 0.500. The molecule has 1 aliphatic rings. The molecule has 1 saturated heterocycles. The first-order valence-electron chi connectivity index (χ1n) is 6.56. The van der Waals surface area contributed by atoms with Gasteiger partial charge in [0.1, 0.15) is 17.6 Å². The molecule has 2 rings (SSSR count). The molecule has 0 spiro atoms. The first kappa shape index (κ1) is 13.3. The third kappa shape index (κ3) is 2.84. The first-order valence-corrected chi connectivity index (χ1v) is 6.56. The molecule has 2 heterocycles. The molecule has 1 aliphatic heterocycles. The quantitative estimate of drug-likeness (QED) is 0.802. The zero-order valence-electron chi connectivity index (χ0n) is 11.4. The number of hydrogen-bond donors (Lipinski definition) is 0. The van der Waals surface area contributed by atoms with Crippen LogP contribution in [0, 0.1) is 18.3 Å². The minimum Gasteiger partial charge on any atom is -0.353 e. The predicted molar refractivity (Wildman–Crippen MR) is 72.8 cm³/mol. The number of hydrogen-bond acceptors (Lipinski definition) is 4. The van der Waals surface area contributed by atoms with E-state index in [2.05, 4.69) is 16.0 Å². The summed E-state index contributed by atoms with van der Waals surface area (Å²) < 4.78 is 0. The van der Waals surface area contributed by atoms with Crippen LogP contribution in [0.15, 0.2) is 12.1 Å². The molecule has 5 nitrogen and oxygen atoms in total. The van der Waals surface area contributed by atoms with Gasteiger partial charge in [0, 0.05) is 32.6 Å². The minimum absolute atomic E-state index is 0.203. The van der Waals surface area contributed by atoms with Crippen LogP contribution >= 0.6 is 0 Å². The van der Waals surface area contributed by atoms with Gasteiger partial charge in [0.2, 0.25) is 5.91 Å². The molecular formula is C14H18N4O. The third-order valence-corrected chi connectivity index (χ3v) is 3.45. The number of piperazine rings is 1. The number of carbonyl (C=O) groups excluding carboxylic acids is 1. The van der Waals surface area contributed by atoms with Crippen molar-refractivity contribution in [3.63, 3.8) is 0 Å². The third-order valence-electron chi connectivity index (χ3n) is 3.45. The van der Waals surface area contributed by atoms with Crippen molar-refractivity contribution in [2.75, 3.05) is 31.1 Å². The average Bonchev–Trinajstić information content (AvgIpc) is 2.47. The molecule has 0 radical (unpaired) electrons. The van der Waals surface area contributed by atoms with Crippen molar-refractivity contribution in [3.8, 4) is 6.07 Å². The van der Waals surface area contributed by atoms with Gasteiger partial charge in [0.05, 0.1) is 0 Å². The topological polar surface area (TPSA) is 60.2 Å². The molecule has 5 heteroatoms. The van der Waals surface area contributed by atoms with E-state index in [1.54, 1.807) is 0 Å². The number of anilines is 1. The molecular weight excluding hydrogens is 240 g/mol. The number of nitriles is 1. The second-order valence-electron chi connectivity index (χ2n) is 4.67. The predicted octanol–water partition coefficient (Wildman–Crippen LogP) is 1.32. The van der Waals surface area contributed by atoms with Gasteiger partial charge in [-0.25, -0.2) is 4.98 Å². The SMILES string of the molecule is CCC(=O)N1CCN(c2ccc(C)c(C#N)n2)CC1. The lowest BCUT2D eigenvalue weighted by molar-refractivity contribution is -0.131. The van der Waals surface area contributed by atoms with E-state index in [0.29, 0.717) is 12.1 Å². The maximum Gasteiger partial charge on any atom is 0.222 e. The van der Waals surface area contributed by atoms with E-state index in [1.165, 1.54) is 0 Å². The Hall–Kier alpha value is -2.09. The van der Waals surface area contributed by atoms with Gasteiger partial charge in [0.15, 0.2) is 0 Å². The highest BCUT2D eigenvalue weighted by Gasteiger charge is 2.21. The highest BCUT2D eigenvalue weighted by Crippen LogP contribution is 2.16. The van der Waals surface area contributed by atoms with Crippen molar-refractivity contribution in [3.05, 3.63) is 23.4 Å². The molecule has 100 valence electrons. The zero-order valence-corrected chi connectivity index (χ0v) is 11.4. The van der Waals surface area contributed by atoms with Crippen LogP contribution in [0.5, 0.6) is 0 Å². The molecule has 1 amide bonds. The lowest BCUT2D eigenvalue weighted by Gasteiger charge is -2.35. The minimum atomic E-state index is 0.203. The van der Waals surface area contributed by atoms with E-state index in [-0.39, 0.29) is 5.91 Å². The van der Waals surface area contributed by atoms with Crippen LogP contribution in [-0.4, -0.2) is 42.0 Å². The molecule has 0 aliphatic carbocycles. The molecule has 1 aromatic heterocycles. The van der Waals surface area contributed by atoms with Gasteiger partial charge in [0.25, 0.3) is 0 Å². The Morgan fingerprint density at radius 3 is 2.63 bits per heavy atom. The van der Waals surface area contributed by atoms with Gasteiger partial charge in [-0.3, -0.25) is 4.79 Å². The van der Waals surface area contributed by atoms with Crippen molar-refractivity contribution in [1.29, 1.82) is 5.26 Å². The van der Waals surface area contributed by atoms with E-state index in [1.807, 2.05) is 30.9 Å². The number of nitrogens with zero attached hydrogens (tertiary/aromatic N) is 4. The molecule has 0 atom stereocenters. The second-order valence-corrected chi connectivity index (χ2v) is 4.67. The van der Waals surface area contributed by atoms with E-state index in [0.717, 1.165) is 37.6 Å². The maximum atomic E-state index is 11.6. The van der Waals surface area contributed by atoms with Gasteiger partial charge < -0.3 is 9.80 Å². The Balaban J connectivity index is 2.06. The van der Waals surface area contributed by atoms with Crippen LogP contribution < -0.4 is 4.90 Å². The van der Waals surface area contributed by atoms with E-state index in [4.69, 9.17) is 5.26 Å². The zero-order chi connectivity index (χ0) is 13.8. The van der Waals surface area contributed by atoms with Crippen LogP contribution in [0.2, 0.25) is 0 Å². The highest BCUT2D eigenvalue weighted by atomic mass is 16.2. The van der Waals surface area contributed by atoms with E-state index >= 15 is 0 Å². The Labute approximate surface area is 113 Å². The fourth-order valence-corrected chi connectivity index (χ4v) is 2.22. The summed E-state index contributed by atoms with van der Waals surface area (Å²) in [6.07, 6.45) is 0.557. The first-order chi connectivity index (χ1) is 9.15. The van der Waals surface area contributed by atoms with Crippen molar-refractivity contribution in [2.24, 2.45) is 0 Å². The standard InChI is InChI=1S/C14H18N4O/c1-3-14(19)18-8-6-17(7-9-18)13-5-4-11(2)12(10-15)16-13/h4-5H,3,6-9H2,1-2H3. The molecule has 0 bridgehead atoms. The van der Waals surface area contributed by atoms with E-state index in [9.17, 15) is 4.79 Å². The summed E-state index contributed by atoms with van der Waals surface area (Å²) in [7, 11) is 0. The van der Waals surface area contributed by atoms with Crippen LogP contribution in [0.25, 0.3) is 0 Å². The number of aromatic nitrogens is 1. The normalized spacial score (nSPS) is 15.2. The van der Waals surface area contributed by atoms with Gasteiger partial charge in [-0.1, -0.05) is 13.0 Å². The summed E-state index contributed by atoms with van der Waals surface area (Å²) in [6, 6.07) is 5.97. The van der Waals surface area contributed by atoms with Crippen LogP contribution in [0.3, 0.4) is 0 Å². The van der Waals surface area contributed by atoms with Crippen molar-refractivity contribution >= 4 is 11.7 Å². The Kier molecular flexibility index (Phi) is 4.00. The van der Waals surface area contributed by atoms with Crippen molar-refractivity contribution in [1.82, 2.24) is 9.88 Å².